The van der Waals surface area contributed by atoms with E-state index in [2.05, 4.69) is 15.9 Å². The summed E-state index contributed by atoms with van der Waals surface area (Å²) in [5, 5.41) is 0. The molecule has 0 spiro atoms. The molecule has 0 aromatic heterocycles. The van der Waals surface area contributed by atoms with Gasteiger partial charge in [-0.1, -0.05) is 12.2 Å². The second-order valence-corrected chi connectivity index (χ2v) is 3.96. The summed E-state index contributed by atoms with van der Waals surface area (Å²) < 4.78 is 6.01. The number of ether oxygens (including phenoxy) is 1. The van der Waals surface area contributed by atoms with Crippen molar-refractivity contribution in [2.45, 2.75) is 6.42 Å². The molecule has 0 N–H and O–H groups in total. The van der Waals surface area contributed by atoms with Crippen LogP contribution in [0, 0.1) is 0 Å². The highest BCUT2D eigenvalue weighted by molar-refractivity contribution is 9.10. The standard InChI is InChI=1S/C11H9BrO2/c1-14-11-6-8-7(5-9(11)12)3-2-4-10(8)13/h2-3,5-6H,4H2,1H3. The Morgan fingerprint density at radius 3 is 2.93 bits per heavy atom. The molecule has 1 aromatic rings. The summed E-state index contributed by atoms with van der Waals surface area (Å²) >= 11 is 3.39. The normalized spacial score (nSPS) is 14.0. The van der Waals surface area contributed by atoms with Crippen LogP contribution in [0.4, 0.5) is 0 Å². The summed E-state index contributed by atoms with van der Waals surface area (Å²) in [6.45, 7) is 0. The summed E-state index contributed by atoms with van der Waals surface area (Å²) in [5.41, 5.74) is 1.70. The quantitative estimate of drug-likeness (QED) is 0.768. The Kier molecular flexibility index (Phi) is 2.42. The maximum atomic E-state index is 11.5. The van der Waals surface area contributed by atoms with Crippen molar-refractivity contribution in [3.8, 4) is 5.75 Å². The van der Waals surface area contributed by atoms with E-state index in [1.54, 1.807) is 13.2 Å². The highest BCUT2D eigenvalue weighted by Crippen LogP contribution is 2.31. The van der Waals surface area contributed by atoms with Crippen LogP contribution in [0.15, 0.2) is 22.7 Å². The van der Waals surface area contributed by atoms with E-state index in [1.165, 1.54) is 0 Å². The third kappa shape index (κ3) is 1.48. The molecular weight excluding hydrogens is 244 g/mol. The predicted molar refractivity (Wildman–Crippen MR) is 58.7 cm³/mol. The summed E-state index contributed by atoms with van der Waals surface area (Å²) in [6, 6.07) is 3.69. The first-order valence-electron chi connectivity index (χ1n) is 4.29. The van der Waals surface area contributed by atoms with Gasteiger partial charge in [0.05, 0.1) is 11.6 Å². The van der Waals surface area contributed by atoms with Crippen molar-refractivity contribution in [2.24, 2.45) is 0 Å². The van der Waals surface area contributed by atoms with Gasteiger partial charge in [0.15, 0.2) is 5.78 Å². The fourth-order valence-corrected chi connectivity index (χ4v) is 2.03. The Morgan fingerprint density at radius 1 is 1.43 bits per heavy atom. The number of allylic oxidation sites excluding steroid dienone is 1. The number of Topliss-reactive ketones (excluding diaryl/α,β-unsaturated/α-hetero) is 1. The van der Waals surface area contributed by atoms with E-state index >= 15 is 0 Å². The van der Waals surface area contributed by atoms with Gasteiger partial charge in [-0.25, -0.2) is 0 Å². The first-order valence-corrected chi connectivity index (χ1v) is 5.09. The zero-order valence-electron chi connectivity index (χ0n) is 7.71. The summed E-state index contributed by atoms with van der Waals surface area (Å²) in [4.78, 5) is 11.5. The number of methoxy groups -OCH3 is 1. The van der Waals surface area contributed by atoms with Crippen LogP contribution in [0.5, 0.6) is 5.75 Å². The van der Waals surface area contributed by atoms with Gasteiger partial charge >= 0.3 is 0 Å². The number of halogens is 1. The van der Waals surface area contributed by atoms with Gasteiger partial charge in [0.2, 0.25) is 0 Å². The van der Waals surface area contributed by atoms with Gasteiger partial charge in [0, 0.05) is 12.0 Å². The van der Waals surface area contributed by atoms with E-state index in [-0.39, 0.29) is 5.78 Å². The fourth-order valence-electron chi connectivity index (χ4n) is 1.51. The molecule has 0 aliphatic heterocycles. The summed E-state index contributed by atoms with van der Waals surface area (Å²) in [6.07, 6.45) is 4.32. The molecule has 72 valence electrons. The Bertz CT molecular complexity index is 422. The molecule has 0 saturated carbocycles. The van der Waals surface area contributed by atoms with E-state index < -0.39 is 0 Å². The van der Waals surface area contributed by atoms with Crippen molar-refractivity contribution in [2.75, 3.05) is 7.11 Å². The molecule has 2 rings (SSSR count). The second kappa shape index (κ2) is 3.58. The zero-order chi connectivity index (χ0) is 10.1. The first kappa shape index (κ1) is 9.46. The maximum absolute atomic E-state index is 11.5. The van der Waals surface area contributed by atoms with Gasteiger partial charge in [0.1, 0.15) is 5.75 Å². The minimum Gasteiger partial charge on any atom is -0.496 e. The number of rotatable bonds is 1. The molecule has 0 amide bonds. The Balaban J connectivity index is 2.61. The zero-order valence-corrected chi connectivity index (χ0v) is 9.30. The summed E-state index contributed by atoms with van der Waals surface area (Å²) in [7, 11) is 1.59. The van der Waals surface area contributed by atoms with Crippen LogP contribution in [-0.2, 0) is 0 Å². The number of benzene rings is 1. The van der Waals surface area contributed by atoms with Gasteiger partial charge in [-0.05, 0) is 33.6 Å². The molecule has 0 unspecified atom stereocenters. The molecule has 2 nitrogen and oxygen atoms in total. The molecule has 1 aliphatic carbocycles. The van der Waals surface area contributed by atoms with Crippen LogP contribution in [0.1, 0.15) is 22.3 Å². The molecule has 0 fully saturated rings. The van der Waals surface area contributed by atoms with Gasteiger partial charge in [-0.3, -0.25) is 4.79 Å². The van der Waals surface area contributed by atoms with Crippen molar-refractivity contribution in [3.05, 3.63) is 33.8 Å². The predicted octanol–water partition coefficient (Wildman–Crippen LogP) is 3.06. The van der Waals surface area contributed by atoms with E-state index in [9.17, 15) is 4.79 Å². The molecule has 1 aromatic carbocycles. The molecule has 0 atom stereocenters. The largest absolute Gasteiger partial charge is 0.496 e. The van der Waals surface area contributed by atoms with Crippen LogP contribution in [0.2, 0.25) is 0 Å². The molecular formula is C11H9BrO2. The Morgan fingerprint density at radius 2 is 2.21 bits per heavy atom. The average molecular weight is 253 g/mol. The molecule has 0 heterocycles. The summed E-state index contributed by atoms with van der Waals surface area (Å²) in [5.74, 6) is 0.848. The van der Waals surface area contributed by atoms with E-state index in [4.69, 9.17) is 4.74 Å². The van der Waals surface area contributed by atoms with Gasteiger partial charge in [-0.15, -0.1) is 0 Å². The highest BCUT2D eigenvalue weighted by atomic mass is 79.9. The van der Waals surface area contributed by atoms with Crippen LogP contribution in [0.25, 0.3) is 6.08 Å². The number of hydrogen-bond donors (Lipinski definition) is 0. The number of carbonyl (C=O) groups excluding carboxylic acids is 1. The first-order chi connectivity index (χ1) is 6.72. The van der Waals surface area contributed by atoms with Crippen LogP contribution < -0.4 is 4.74 Å². The monoisotopic (exact) mass is 252 g/mol. The SMILES string of the molecule is COc1cc2c(cc1Br)C=CCC2=O. The van der Waals surface area contributed by atoms with Gasteiger partial charge < -0.3 is 4.74 Å². The maximum Gasteiger partial charge on any atom is 0.167 e. The lowest BCUT2D eigenvalue weighted by atomic mass is 9.96. The highest BCUT2D eigenvalue weighted by Gasteiger charge is 2.15. The van der Waals surface area contributed by atoms with E-state index in [1.807, 2.05) is 18.2 Å². The van der Waals surface area contributed by atoms with Crippen molar-refractivity contribution >= 4 is 27.8 Å². The Labute approximate surface area is 90.7 Å². The Hall–Kier alpha value is -1.09. The lowest BCUT2D eigenvalue weighted by Crippen LogP contribution is -2.04. The molecule has 0 bridgehead atoms. The number of fused-ring (bicyclic) bond motifs is 1. The van der Waals surface area contributed by atoms with Crippen molar-refractivity contribution in [3.63, 3.8) is 0 Å². The topological polar surface area (TPSA) is 26.3 Å². The smallest absolute Gasteiger partial charge is 0.167 e. The lowest BCUT2D eigenvalue weighted by molar-refractivity contribution is 0.0994. The number of carbonyl (C=O) groups is 1. The van der Waals surface area contributed by atoms with E-state index in [0.717, 1.165) is 15.6 Å². The minimum absolute atomic E-state index is 0.147. The lowest BCUT2D eigenvalue weighted by Gasteiger charge is -2.12. The van der Waals surface area contributed by atoms with Crippen LogP contribution in [-0.4, -0.2) is 12.9 Å². The number of hydrogen-bond acceptors (Lipinski definition) is 2. The molecule has 0 radical (unpaired) electrons. The number of ketones is 1. The van der Waals surface area contributed by atoms with Gasteiger partial charge in [0.25, 0.3) is 0 Å². The van der Waals surface area contributed by atoms with Crippen molar-refractivity contribution in [1.29, 1.82) is 0 Å². The average Bonchev–Trinajstić information content (AvgIpc) is 2.17. The third-order valence-electron chi connectivity index (χ3n) is 2.23. The van der Waals surface area contributed by atoms with Crippen molar-refractivity contribution in [1.82, 2.24) is 0 Å². The van der Waals surface area contributed by atoms with Gasteiger partial charge in [-0.2, -0.15) is 0 Å². The van der Waals surface area contributed by atoms with Crippen LogP contribution >= 0.6 is 15.9 Å². The van der Waals surface area contributed by atoms with E-state index in [0.29, 0.717) is 12.2 Å². The second-order valence-electron chi connectivity index (χ2n) is 3.10. The molecule has 14 heavy (non-hydrogen) atoms. The van der Waals surface area contributed by atoms with Crippen molar-refractivity contribution < 1.29 is 9.53 Å². The molecule has 3 heteroatoms. The molecule has 0 saturated heterocycles. The minimum atomic E-state index is 0.147. The molecule has 1 aliphatic rings. The fraction of sp³-hybridized carbons (Fsp3) is 0.182. The third-order valence-corrected chi connectivity index (χ3v) is 2.84. The van der Waals surface area contributed by atoms with Crippen LogP contribution in [0.3, 0.4) is 0 Å².